The number of methoxy groups -OCH3 is 1. The molecule has 0 unspecified atom stereocenters. The molecular formula is C16H15N3O2S2. The van der Waals surface area contributed by atoms with E-state index in [1.54, 1.807) is 17.4 Å². The van der Waals surface area contributed by atoms with Crippen molar-refractivity contribution in [3.05, 3.63) is 42.3 Å². The highest BCUT2D eigenvalue weighted by Gasteiger charge is 2.17. The smallest absolute Gasteiger partial charge is 0.316 e. The topological polar surface area (TPSA) is 57.0 Å². The van der Waals surface area contributed by atoms with Gasteiger partial charge in [0.15, 0.2) is 11.0 Å². The first-order valence-corrected chi connectivity index (χ1v) is 8.81. The van der Waals surface area contributed by atoms with E-state index in [4.69, 9.17) is 0 Å². The van der Waals surface area contributed by atoms with Crippen LogP contribution in [-0.2, 0) is 16.1 Å². The number of thioether (sulfide) groups is 1. The molecule has 0 saturated carbocycles. The van der Waals surface area contributed by atoms with Crippen molar-refractivity contribution in [1.82, 2.24) is 14.8 Å². The van der Waals surface area contributed by atoms with Crippen molar-refractivity contribution in [3.8, 4) is 11.4 Å². The van der Waals surface area contributed by atoms with E-state index in [2.05, 4.69) is 39.0 Å². The molecule has 23 heavy (non-hydrogen) atoms. The van der Waals surface area contributed by atoms with Gasteiger partial charge in [-0.1, -0.05) is 36.0 Å². The Morgan fingerprint density at radius 1 is 1.43 bits per heavy atom. The Bertz CT molecular complexity index is 854. The predicted molar refractivity (Wildman–Crippen MR) is 93.8 cm³/mol. The lowest BCUT2D eigenvalue weighted by atomic mass is 10.1. The van der Waals surface area contributed by atoms with Crippen molar-refractivity contribution >= 4 is 39.2 Å². The van der Waals surface area contributed by atoms with Crippen LogP contribution in [0.1, 0.15) is 0 Å². The molecule has 0 atom stereocenters. The normalized spacial score (nSPS) is 10.8. The minimum atomic E-state index is -0.286. The summed E-state index contributed by atoms with van der Waals surface area (Å²) >= 11 is 2.99. The Kier molecular flexibility index (Phi) is 4.78. The maximum absolute atomic E-state index is 11.3. The molecule has 0 aliphatic heterocycles. The SMILES string of the molecule is C=CCn1c(SCC(=O)OC)nnc1-c1csc2ccccc12. The van der Waals surface area contributed by atoms with Crippen LogP contribution < -0.4 is 0 Å². The van der Waals surface area contributed by atoms with Crippen LogP contribution in [0.2, 0.25) is 0 Å². The molecule has 0 fully saturated rings. The van der Waals surface area contributed by atoms with Crippen molar-refractivity contribution in [2.24, 2.45) is 0 Å². The van der Waals surface area contributed by atoms with Gasteiger partial charge in [0, 0.05) is 27.6 Å². The van der Waals surface area contributed by atoms with Crippen LogP contribution in [0, 0.1) is 0 Å². The molecule has 7 heteroatoms. The van der Waals surface area contributed by atoms with Gasteiger partial charge in [-0.05, 0) is 6.07 Å². The van der Waals surface area contributed by atoms with E-state index in [0.29, 0.717) is 11.7 Å². The molecule has 2 heterocycles. The summed E-state index contributed by atoms with van der Waals surface area (Å²) in [5.41, 5.74) is 1.05. The number of ether oxygens (including phenoxy) is 1. The van der Waals surface area contributed by atoms with E-state index in [9.17, 15) is 4.79 Å². The van der Waals surface area contributed by atoms with Crippen molar-refractivity contribution in [2.75, 3.05) is 12.9 Å². The lowest BCUT2D eigenvalue weighted by molar-refractivity contribution is -0.137. The fraction of sp³-hybridized carbons (Fsp3) is 0.188. The Morgan fingerprint density at radius 2 is 2.26 bits per heavy atom. The Labute approximate surface area is 142 Å². The molecule has 5 nitrogen and oxygen atoms in total. The van der Waals surface area contributed by atoms with Gasteiger partial charge in [-0.2, -0.15) is 0 Å². The van der Waals surface area contributed by atoms with E-state index >= 15 is 0 Å². The minimum absolute atomic E-state index is 0.205. The number of nitrogens with zero attached hydrogens (tertiary/aromatic N) is 3. The van der Waals surface area contributed by atoms with Gasteiger partial charge in [0.2, 0.25) is 0 Å². The molecule has 0 bridgehead atoms. The molecule has 0 saturated heterocycles. The first-order valence-electron chi connectivity index (χ1n) is 6.95. The lowest BCUT2D eigenvalue weighted by Crippen LogP contribution is -2.06. The summed E-state index contributed by atoms with van der Waals surface area (Å²) in [7, 11) is 1.38. The fourth-order valence-electron chi connectivity index (χ4n) is 2.22. The average Bonchev–Trinajstić information content (AvgIpc) is 3.17. The second-order valence-corrected chi connectivity index (χ2v) is 6.57. The second kappa shape index (κ2) is 6.97. The van der Waals surface area contributed by atoms with Crippen molar-refractivity contribution in [3.63, 3.8) is 0 Å². The van der Waals surface area contributed by atoms with Crippen LogP contribution >= 0.6 is 23.1 Å². The van der Waals surface area contributed by atoms with Gasteiger partial charge < -0.3 is 4.74 Å². The quantitative estimate of drug-likeness (QED) is 0.388. The zero-order valence-corrected chi connectivity index (χ0v) is 14.2. The summed E-state index contributed by atoms with van der Waals surface area (Å²) in [6.45, 7) is 4.38. The number of thiophene rings is 1. The standard InChI is InChI=1S/C16H15N3O2S2/c1-3-8-19-15(17-18-16(19)23-10-14(20)21-2)12-9-22-13-7-5-4-6-11(12)13/h3-7,9H,1,8,10H2,2H3. The first-order chi connectivity index (χ1) is 11.2. The predicted octanol–water partition coefficient (Wildman–Crippen LogP) is 3.61. The Morgan fingerprint density at radius 3 is 3.04 bits per heavy atom. The second-order valence-electron chi connectivity index (χ2n) is 4.72. The molecule has 0 N–H and O–H groups in total. The molecular weight excluding hydrogens is 330 g/mol. The van der Waals surface area contributed by atoms with Crippen LogP contribution in [0.3, 0.4) is 0 Å². The van der Waals surface area contributed by atoms with Crippen molar-refractivity contribution in [1.29, 1.82) is 0 Å². The van der Waals surface area contributed by atoms with Crippen LogP contribution in [0.4, 0.5) is 0 Å². The maximum atomic E-state index is 11.3. The van der Waals surface area contributed by atoms with Crippen LogP contribution in [0.5, 0.6) is 0 Å². The zero-order valence-electron chi connectivity index (χ0n) is 12.6. The summed E-state index contributed by atoms with van der Waals surface area (Å²) in [5.74, 6) is 0.705. The number of carbonyl (C=O) groups is 1. The Hall–Kier alpha value is -2.12. The number of esters is 1. The summed E-state index contributed by atoms with van der Waals surface area (Å²) < 4.78 is 7.85. The molecule has 0 aliphatic carbocycles. The van der Waals surface area contributed by atoms with Crippen molar-refractivity contribution < 1.29 is 9.53 Å². The third kappa shape index (κ3) is 3.16. The molecule has 3 aromatic rings. The number of hydrogen-bond donors (Lipinski definition) is 0. The van der Waals surface area contributed by atoms with E-state index in [0.717, 1.165) is 16.8 Å². The third-order valence-corrected chi connectivity index (χ3v) is 5.20. The van der Waals surface area contributed by atoms with E-state index in [1.807, 2.05) is 16.7 Å². The van der Waals surface area contributed by atoms with Crippen LogP contribution in [-0.4, -0.2) is 33.6 Å². The number of carbonyl (C=O) groups excluding carboxylic acids is 1. The number of fused-ring (bicyclic) bond motifs is 1. The van der Waals surface area contributed by atoms with Gasteiger partial charge in [0.1, 0.15) is 0 Å². The number of rotatable bonds is 6. The summed E-state index contributed by atoms with van der Waals surface area (Å²) in [4.78, 5) is 11.3. The van der Waals surface area contributed by atoms with Gasteiger partial charge in [0.25, 0.3) is 0 Å². The summed E-state index contributed by atoms with van der Waals surface area (Å²) in [5, 5.41) is 12.5. The monoisotopic (exact) mass is 345 g/mol. The molecule has 0 amide bonds. The summed E-state index contributed by atoms with van der Waals surface area (Å²) in [6.07, 6.45) is 1.80. The largest absolute Gasteiger partial charge is 0.468 e. The zero-order chi connectivity index (χ0) is 16.2. The molecule has 1 aromatic carbocycles. The molecule has 118 valence electrons. The van der Waals surface area contributed by atoms with Gasteiger partial charge >= 0.3 is 5.97 Å². The van der Waals surface area contributed by atoms with Crippen molar-refractivity contribution in [2.45, 2.75) is 11.7 Å². The molecule has 0 spiro atoms. The highest BCUT2D eigenvalue weighted by Crippen LogP contribution is 2.34. The molecule has 2 aromatic heterocycles. The maximum Gasteiger partial charge on any atom is 0.316 e. The van der Waals surface area contributed by atoms with Gasteiger partial charge in [-0.3, -0.25) is 9.36 Å². The first kappa shape index (κ1) is 15.8. The minimum Gasteiger partial charge on any atom is -0.468 e. The van der Waals surface area contributed by atoms with E-state index < -0.39 is 0 Å². The third-order valence-electron chi connectivity index (χ3n) is 3.30. The molecule has 3 rings (SSSR count). The summed E-state index contributed by atoms with van der Waals surface area (Å²) in [6, 6.07) is 8.20. The lowest BCUT2D eigenvalue weighted by Gasteiger charge is -2.06. The number of aromatic nitrogens is 3. The van der Waals surface area contributed by atoms with Gasteiger partial charge in [0.05, 0.1) is 12.9 Å². The van der Waals surface area contributed by atoms with E-state index in [-0.39, 0.29) is 11.7 Å². The Balaban J connectivity index is 2.00. The molecule has 0 aliphatic rings. The fourth-order valence-corrected chi connectivity index (χ4v) is 3.94. The van der Waals surface area contributed by atoms with E-state index in [1.165, 1.54) is 23.6 Å². The number of benzene rings is 1. The average molecular weight is 345 g/mol. The van der Waals surface area contributed by atoms with Crippen LogP contribution in [0.25, 0.3) is 21.5 Å². The molecule has 0 radical (unpaired) electrons. The number of allylic oxidation sites excluding steroid dienone is 1. The van der Waals surface area contributed by atoms with Crippen LogP contribution in [0.15, 0.2) is 47.5 Å². The highest BCUT2D eigenvalue weighted by molar-refractivity contribution is 7.99. The highest BCUT2D eigenvalue weighted by atomic mass is 32.2. The van der Waals surface area contributed by atoms with Gasteiger partial charge in [-0.15, -0.1) is 28.1 Å². The number of hydrogen-bond acceptors (Lipinski definition) is 6. The van der Waals surface area contributed by atoms with Gasteiger partial charge in [-0.25, -0.2) is 0 Å².